The Morgan fingerprint density at radius 3 is 2.80 bits per heavy atom. The van der Waals surface area contributed by atoms with Gasteiger partial charge in [0.05, 0.1) is 12.0 Å². The third-order valence-corrected chi connectivity index (χ3v) is 1.92. The first-order chi connectivity index (χ1) is 4.74. The molecule has 0 aliphatic rings. The Morgan fingerprint density at radius 2 is 2.50 bits per heavy atom. The quantitative estimate of drug-likeness (QED) is 0.608. The highest BCUT2D eigenvalue weighted by Gasteiger charge is 2.04. The first kappa shape index (κ1) is 7.21. The third-order valence-electron chi connectivity index (χ3n) is 1.04. The molecule has 0 unspecified atom stereocenters. The second kappa shape index (κ2) is 2.79. The minimum absolute atomic E-state index is 0.0285. The summed E-state index contributed by atoms with van der Waals surface area (Å²) in [6, 6.07) is 1.63. The summed E-state index contributed by atoms with van der Waals surface area (Å²) in [4.78, 5) is 11.3. The normalized spacial score (nSPS) is 9.40. The molecule has 1 aromatic rings. The zero-order valence-corrected chi connectivity index (χ0v) is 6.57. The van der Waals surface area contributed by atoms with E-state index in [1.54, 1.807) is 6.07 Å². The largest absolute Gasteiger partial charge is 0.480 e. The van der Waals surface area contributed by atoms with Gasteiger partial charge in [0.25, 0.3) is 0 Å². The van der Waals surface area contributed by atoms with Crippen molar-refractivity contribution in [2.24, 2.45) is 0 Å². The molecule has 10 heavy (non-hydrogen) atoms. The van der Waals surface area contributed by atoms with E-state index in [0.29, 0.717) is 10.8 Å². The molecule has 0 atom stereocenters. The Hall–Kier alpha value is -0.900. The van der Waals surface area contributed by atoms with E-state index in [1.807, 2.05) is 0 Å². The molecule has 3 nitrogen and oxygen atoms in total. The van der Waals surface area contributed by atoms with Crippen molar-refractivity contribution in [2.45, 2.75) is 6.92 Å². The van der Waals surface area contributed by atoms with Gasteiger partial charge in [-0.15, -0.1) is 0 Å². The molecular weight excluding hydrogens is 150 g/mol. The summed E-state index contributed by atoms with van der Waals surface area (Å²) in [6.07, 6.45) is 0. The molecule has 0 amide bonds. The van der Waals surface area contributed by atoms with Crippen LogP contribution in [-0.4, -0.2) is 17.3 Å². The van der Waals surface area contributed by atoms with Crippen LogP contribution in [0.2, 0.25) is 0 Å². The van der Waals surface area contributed by atoms with Gasteiger partial charge in [0, 0.05) is 13.0 Å². The van der Waals surface area contributed by atoms with Gasteiger partial charge in [-0.05, 0) is 11.5 Å². The molecule has 0 radical (unpaired) electrons. The summed E-state index contributed by atoms with van der Waals surface area (Å²) >= 11 is 1.16. The molecule has 1 rings (SSSR count). The van der Waals surface area contributed by atoms with Gasteiger partial charge in [-0.25, -0.2) is 0 Å². The van der Waals surface area contributed by atoms with E-state index < -0.39 is 0 Å². The number of ether oxygens (including phenoxy) is 1. The molecular formula is C6H7NO2S. The number of ketones is 1. The molecule has 0 bridgehead atoms. The number of hydrogen-bond acceptors (Lipinski definition) is 4. The van der Waals surface area contributed by atoms with E-state index in [-0.39, 0.29) is 5.78 Å². The number of hydrogen-bond donors (Lipinski definition) is 0. The Labute approximate surface area is 62.8 Å². The monoisotopic (exact) mass is 157 g/mol. The van der Waals surface area contributed by atoms with Crippen LogP contribution >= 0.6 is 11.5 Å². The van der Waals surface area contributed by atoms with Gasteiger partial charge in [-0.3, -0.25) is 4.79 Å². The maximum Gasteiger partial charge on any atom is 0.225 e. The molecule has 54 valence electrons. The number of carbonyl (C=O) groups excluding carboxylic acids is 1. The summed E-state index contributed by atoms with van der Waals surface area (Å²) in [6.45, 7) is 1.51. The summed E-state index contributed by atoms with van der Waals surface area (Å²) in [7, 11) is 1.53. The molecule has 0 N–H and O–H groups in total. The SMILES string of the molecule is COc1cc(C(C)=O)sn1. The van der Waals surface area contributed by atoms with Gasteiger partial charge in [0.2, 0.25) is 5.88 Å². The van der Waals surface area contributed by atoms with Crippen molar-refractivity contribution in [3.63, 3.8) is 0 Å². The molecule has 1 heterocycles. The van der Waals surface area contributed by atoms with E-state index in [4.69, 9.17) is 4.74 Å². The number of methoxy groups -OCH3 is 1. The second-order valence-corrected chi connectivity index (χ2v) is 2.59. The lowest BCUT2D eigenvalue weighted by atomic mass is 10.4. The minimum atomic E-state index is 0.0285. The molecule has 0 aromatic carbocycles. The average Bonchev–Trinajstić information content (AvgIpc) is 2.34. The topological polar surface area (TPSA) is 39.2 Å². The van der Waals surface area contributed by atoms with Crippen molar-refractivity contribution in [3.8, 4) is 5.88 Å². The first-order valence-corrected chi connectivity index (χ1v) is 3.53. The fourth-order valence-corrected chi connectivity index (χ4v) is 1.12. The molecule has 0 saturated carbocycles. The molecule has 0 saturated heterocycles. The van der Waals surface area contributed by atoms with Gasteiger partial charge in [-0.1, -0.05) is 0 Å². The van der Waals surface area contributed by atoms with Crippen molar-refractivity contribution >= 4 is 17.3 Å². The van der Waals surface area contributed by atoms with Gasteiger partial charge in [-0.2, -0.15) is 4.37 Å². The highest BCUT2D eigenvalue weighted by Crippen LogP contribution is 2.15. The highest BCUT2D eigenvalue weighted by atomic mass is 32.1. The second-order valence-electron chi connectivity index (χ2n) is 1.79. The lowest BCUT2D eigenvalue weighted by Crippen LogP contribution is -1.84. The van der Waals surface area contributed by atoms with Crippen LogP contribution in [0.4, 0.5) is 0 Å². The Morgan fingerprint density at radius 1 is 1.80 bits per heavy atom. The standard InChI is InChI=1S/C6H7NO2S/c1-4(8)5-3-6(9-2)7-10-5/h3H,1-2H3. The zero-order chi connectivity index (χ0) is 7.56. The Kier molecular flexibility index (Phi) is 2.01. The number of Topliss-reactive ketones (excluding diaryl/α,β-unsaturated/α-hetero) is 1. The van der Waals surface area contributed by atoms with Crippen LogP contribution in [0.15, 0.2) is 6.07 Å². The number of aromatic nitrogens is 1. The number of nitrogens with zero attached hydrogens (tertiary/aromatic N) is 1. The van der Waals surface area contributed by atoms with E-state index in [9.17, 15) is 4.79 Å². The summed E-state index contributed by atoms with van der Waals surface area (Å²) < 4.78 is 8.65. The Bertz CT molecular complexity index is 244. The Balaban J connectivity index is 2.88. The van der Waals surface area contributed by atoms with Gasteiger partial charge >= 0.3 is 0 Å². The molecule has 0 spiro atoms. The van der Waals surface area contributed by atoms with E-state index in [1.165, 1.54) is 14.0 Å². The smallest absolute Gasteiger partial charge is 0.225 e. The van der Waals surface area contributed by atoms with Gasteiger partial charge < -0.3 is 4.74 Å². The van der Waals surface area contributed by atoms with Crippen LogP contribution in [0.3, 0.4) is 0 Å². The maximum absolute atomic E-state index is 10.7. The fraction of sp³-hybridized carbons (Fsp3) is 0.333. The van der Waals surface area contributed by atoms with Crippen LogP contribution < -0.4 is 4.74 Å². The molecule has 0 aliphatic heterocycles. The molecule has 0 fully saturated rings. The van der Waals surface area contributed by atoms with Crippen molar-refractivity contribution in [1.82, 2.24) is 4.37 Å². The summed E-state index contributed by atoms with van der Waals surface area (Å²) in [5, 5.41) is 0. The third kappa shape index (κ3) is 1.33. The zero-order valence-electron chi connectivity index (χ0n) is 5.75. The van der Waals surface area contributed by atoms with Crippen LogP contribution in [-0.2, 0) is 0 Å². The lowest BCUT2D eigenvalue weighted by molar-refractivity contribution is 0.102. The lowest BCUT2D eigenvalue weighted by Gasteiger charge is -1.86. The van der Waals surface area contributed by atoms with Crippen LogP contribution in [0, 0.1) is 0 Å². The van der Waals surface area contributed by atoms with Crippen molar-refractivity contribution < 1.29 is 9.53 Å². The maximum atomic E-state index is 10.7. The van der Waals surface area contributed by atoms with E-state index in [0.717, 1.165) is 11.5 Å². The average molecular weight is 157 g/mol. The van der Waals surface area contributed by atoms with Gasteiger partial charge in [0.1, 0.15) is 0 Å². The van der Waals surface area contributed by atoms with Crippen molar-refractivity contribution in [2.75, 3.05) is 7.11 Å². The highest BCUT2D eigenvalue weighted by molar-refractivity contribution is 7.08. The fourth-order valence-electron chi connectivity index (χ4n) is 0.521. The molecule has 1 aromatic heterocycles. The van der Waals surface area contributed by atoms with Crippen LogP contribution in [0.5, 0.6) is 5.88 Å². The van der Waals surface area contributed by atoms with Crippen LogP contribution in [0.1, 0.15) is 16.6 Å². The van der Waals surface area contributed by atoms with E-state index >= 15 is 0 Å². The molecule has 0 aliphatic carbocycles. The summed E-state index contributed by atoms with van der Waals surface area (Å²) in [5.74, 6) is 0.538. The van der Waals surface area contributed by atoms with Crippen molar-refractivity contribution in [3.05, 3.63) is 10.9 Å². The number of rotatable bonds is 2. The first-order valence-electron chi connectivity index (χ1n) is 2.75. The summed E-state index contributed by atoms with van der Waals surface area (Å²) in [5.41, 5.74) is 0. The predicted molar refractivity (Wildman–Crippen MR) is 38.7 cm³/mol. The number of carbonyl (C=O) groups is 1. The predicted octanol–water partition coefficient (Wildman–Crippen LogP) is 1.35. The van der Waals surface area contributed by atoms with Crippen molar-refractivity contribution in [1.29, 1.82) is 0 Å². The van der Waals surface area contributed by atoms with Gasteiger partial charge in [0.15, 0.2) is 5.78 Å². The molecule has 4 heteroatoms. The van der Waals surface area contributed by atoms with E-state index in [2.05, 4.69) is 4.37 Å². The van der Waals surface area contributed by atoms with Crippen LogP contribution in [0.25, 0.3) is 0 Å². The minimum Gasteiger partial charge on any atom is -0.480 e.